The predicted molar refractivity (Wildman–Crippen MR) is 108 cm³/mol. The summed E-state index contributed by atoms with van der Waals surface area (Å²) in [6.45, 7) is -0.528. The van der Waals surface area contributed by atoms with Crippen molar-refractivity contribution < 1.29 is 38.1 Å². The van der Waals surface area contributed by atoms with Gasteiger partial charge >= 0.3 is 15.9 Å². The van der Waals surface area contributed by atoms with Gasteiger partial charge in [0.2, 0.25) is 11.7 Å². The summed E-state index contributed by atoms with van der Waals surface area (Å²) in [5, 5.41) is 44.6. The number of imidazole rings is 1. The molecule has 1 aliphatic rings. The minimum Gasteiger partial charge on any atom is -0.872 e. The largest absolute Gasteiger partial charge is 0.872 e. The van der Waals surface area contributed by atoms with Gasteiger partial charge in [-0.1, -0.05) is 16.8 Å². The number of nitrogen functional groups attached to an aromatic ring is 2. The topological polar surface area (TPSA) is 252 Å². The molecular weight excluding hydrogens is 460 g/mol. The molecule has 0 bridgehead atoms. The molecular formula is C17H19N8O7S-. The zero-order chi connectivity index (χ0) is 23.9. The first-order chi connectivity index (χ1) is 15.6. The smallest absolute Gasteiger partial charge is 0.319 e. The Balaban J connectivity index is 1.48. The summed E-state index contributed by atoms with van der Waals surface area (Å²) >= 11 is 0. The van der Waals surface area contributed by atoms with E-state index in [9.17, 15) is 28.8 Å². The van der Waals surface area contributed by atoms with Crippen molar-refractivity contribution in [1.82, 2.24) is 19.7 Å². The summed E-state index contributed by atoms with van der Waals surface area (Å²) in [6.07, 6.45) is -2.66. The molecule has 15 nitrogen and oxygen atoms in total. The van der Waals surface area contributed by atoms with E-state index in [1.165, 1.54) is 23.3 Å². The second kappa shape index (κ2) is 8.41. The number of hydrogen-bond acceptors (Lipinski definition) is 11. The monoisotopic (exact) mass is 479 g/mol. The van der Waals surface area contributed by atoms with Crippen LogP contribution in [0.2, 0.25) is 0 Å². The number of nitrogens with one attached hydrogen (secondary N) is 2. The zero-order valence-corrected chi connectivity index (χ0v) is 17.5. The van der Waals surface area contributed by atoms with Crippen LogP contribution in [0.25, 0.3) is 11.2 Å². The second-order valence-corrected chi connectivity index (χ2v) is 8.58. The van der Waals surface area contributed by atoms with E-state index >= 15 is 0 Å². The van der Waals surface area contributed by atoms with E-state index in [2.05, 4.69) is 19.3 Å². The minimum absolute atomic E-state index is 0.111. The molecule has 0 radical (unpaired) electrons. The number of aliphatic hydroxyl groups is 2. The number of hydrogen-bond donors (Lipinski definition) is 6. The molecule has 33 heavy (non-hydrogen) atoms. The van der Waals surface area contributed by atoms with Crippen LogP contribution in [-0.4, -0.2) is 64.3 Å². The van der Waals surface area contributed by atoms with E-state index in [4.69, 9.17) is 16.2 Å². The summed E-state index contributed by atoms with van der Waals surface area (Å²) in [6, 6.07) is 3.29. The molecule has 1 fully saturated rings. The van der Waals surface area contributed by atoms with Gasteiger partial charge in [-0.15, -0.1) is 0 Å². The predicted octanol–water partition coefficient (Wildman–Crippen LogP) is -4.26. The fraction of sp³-hybridized carbons (Fsp3) is 0.294. The lowest BCUT2D eigenvalue weighted by Crippen LogP contribution is -2.45. The molecule has 8 N–H and O–H groups in total. The van der Waals surface area contributed by atoms with Crippen molar-refractivity contribution in [1.29, 1.82) is 0 Å². The summed E-state index contributed by atoms with van der Waals surface area (Å²) in [5.41, 5.74) is 11.5. The Morgan fingerprint density at radius 3 is 2.79 bits per heavy atom. The van der Waals surface area contributed by atoms with Crippen molar-refractivity contribution in [2.75, 3.05) is 18.0 Å². The van der Waals surface area contributed by atoms with Crippen molar-refractivity contribution in [2.24, 2.45) is 4.40 Å². The fourth-order valence-corrected chi connectivity index (χ4v) is 4.09. The molecule has 3 heterocycles. The Hall–Kier alpha value is -3.57. The van der Waals surface area contributed by atoms with Gasteiger partial charge in [-0.25, -0.2) is 4.57 Å². The average molecular weight is 479 g/mol. The number of nitrogens with two attached hydrogens (primary N) is 2. The van der Waals surface area contributed by atoms with Gasteiger partial charge in [-0.2, -0.15) is 22.5 Å². The van der Waals surface area contributed by atoms with Gasteiger partial charge in [0.25, 0.3) is 0 Å². The lowest BCUT2D eigenvalue weighted by Gasteiger charge is -2.19. The Morgan fingerprint density at radius 2 is 2.06 bits per heavy atom. The number of H-pyrrole nitrogens is 1. The quantitative estimate of drug-likeness (QED) is 0.0854. The SMILES string of the molecule is Nc1ccc(C([O-])=NS(=O)(=O)NC[C@H]2O[C@@H]([n+]3c[nH]c4c(N)ncnc43)[C@H](O)[C@@H]2O)c([O-])c1. The lowest BCUT2D eigenvalue weighted by molar-refractivity contribution is -0.745. The van der Waals surface area contributed by atoms with Crippen LogP contribution >= 0.6 is 0 Å². The van der Waals surface area contributed by atoms with E-state index in [1.54, 1.807) is 0 Å². The van der Waals surface area contributed by atoms with Crippen LogP contribution in [0.3, 0.4) is 0 Å². The first-order valence-corrected chi connectivity index (χ1v) is 10.8. The number of aromatic nitrogens is 4. The van der Waals surface area contributed by atoms with E-state index < -0.39 is 58.5 Å². The normalized spacial score (nSPS) is 23.9. The number of ether oxygens (including phenoxy) is 1. The molecule has 4 rings (SSSR count). The highest BCUT2D eigenvalue weighted by Gasteiger charge is 2.46. The molecule has 16 heteroatoms. The van der Waals surface area contributed by atoms with Crippen LogP contribution < -0.4 is 31.0 Å². The average Bonchev–Trinajstić information content (AvgIpc) is 3.29. The van der Waals surface area contributed by atoms with Gasteiger partial charge < -0.3 is 36.6 Å². The van der Waals surface area contributed by atoms with Crippen LogP contribution in [0.15, 0.2) is 35.3 Å². The first kappa shape index (κ1) is 22.6. The second-order valence-electron chi connectivity index (χ2n) is 7.16. The lowest BCUT2D eigenvalue weighted by atomic mass is 10.1. The molecule has 0 saturated carbocycles. The Bertz CT molecular complexity index is 1330. The van der Waals surface area contributed by atoms with Gasteiger partial charge in [0, 0.05) is 18.1 Å². The highest BCUT2D eigenvalue weighted by molar-refractivity contribution is 7.88. The van der Waals surface area contributed by atoms with Gasteiger partial charge in [0.15, 0.2) is 18.5 Å². The molecule has 1 aromatic carbocycles. The number of rotatable bonds is 6. The Labute approximate surface area is 186 Å². The van der Waals surface area contributed by atoms with E-state index in [0.29, 0.717) is 5.52 Å². The van der Waals surface area contributed by atoms with Crippen LogP contribution in [0, 0.1) is 0 Å². The summed E-state index contributed by atoms with van der Waals surface area (Å²) < 4.78 is 36.4. The Kier molecular flexibility index (Phi) is 5.76. The molecule has 4 atom stereocenters. The minimum atomic E-state index is -4.56. The summed E-state index contributed by atoms with van der Waals surface area (Å²) in [4.78, 5) is 10.7. The zero-order valence-electron chi connectivity index (χ0n) is 16.7. The third kappa shape index (κ3) is 4.37. The number of fused-ring (bicyclic) bond motifs is 1. The van der Waals surface area contributed by atoms with Crippen LogP contribution in [0.4, 0.5) is 11.5 Å². The highest BCUT2D eigenvalue weighted by atomic mass is 32.2. The molecule has 176 valence electrons. The number of aromatic amines is 1. The van der Waals surface area contributed by atoms with Crippen molar-refractivity contribution in [3.05, 3.63) is 36.4 Å². The molecule has 3 aromatic rings. The highest BCUT2D eigenvalue weighted by Crippen LogP contribution is 2.27. The van der Waals surface area contributed by atoms with Crippen LogP contribution in [0.1, 0.15) is 11.8 Å². The van der Waals surface area contributed by atoms with Crippen LogP contribution in [-0.2, 0) is 14.9 Å². The number of nitrogens with zero attached hydrogens (tertiary/aromatic N) is 4. The standard InChI is InChI=1S/C17H20N8O7S/c18-7-1-2-8(9(26)3-7)16(29)24-33(30,31)23-4-10-12(27)13(28)17(32-10)25-6-22-11-14(19)20-5-21-15(11)25/h1-3,5-6,10,12-13,17,23,27-28H,4H2,(H6,18,19,20,21,24,26,29)/p-1/t10-,12-,13-,17-/m1/s1. The third-order valence-electron chi connectivity index (χ3n) is 4.97. The van der Waals surface area contributed by atoms with Crippen molar-refractivity contribution in [3.63, 3.8) is 0 Å². The number of aliphatic hydroxyl groups excluding tert-OH is 2. The van der Waals surface area contributed by atoms with Gasteiger partial charge in [0.1, 0.15) is 18.3 Å². The molecule has 2 aromatic heterocycles. The van der Waals surface area contributed by atoms with Crippen molar-refractivity contribution >= 4 is 38.8 Å². The molecule has 0 amide bonds. The molecule has 1 aliphatic heterocycles. The molecule has 0 spiro atoms. The van der Waals surface area contributed by atoms with Gasteiger partial charge in [-0.05, 0) is 17.7 Å². The van der Waals surface area contributed by atoms with Gasteiger partial charge in [-0.3, -0.25) is 4.98 Å². The van der Waals surface area contributed by atoms with Crippen molar-refractivity contribution in [3.8, 4) is 5.75 Å². The maximum Gasteiger partial charge on any atom is 0.319 e. The maximum atomic E-state index is 12.2. The molecule has 1 saturated heterocycles. The van der Waals surface area contributed by atoms with Crippen molar-refractivity contribution in [2.45, 2.75) is 24.5 Å². The maximum absolute atomic E-state index is 12.2. The summed E-state index contributed by atoms with van der Waals surface area (Å²) in [7, 11) is -4.56. The van der Waals surface area contributed by atoms with Crippen LogP contribution in [0.5, 0.6) is 5.75 Å². The Morgan fingerprint density at radius 1 is 1.30 bits per heavy atom. The molecule has 0 aliphatic carbocycles. The van der Waals surface area contributed by atoms with E-state index in [1.807, 2.05) is 4.72 Å². The number of benzene rings is 1. The molecule has 0 unspecified atom stereocenters. The van der Waals surface area contributed by atoms with Gasteiger partial charge in [0.05, 0.1) is 0 Å². The van der Waals surface area contributed by atoms with E-state index in [-0.39, 0.29) is 17.2 Å². The number of anilines is 2. The summed E-state index contributed by atoms with van der Waals surface area (Å²) in [5.74, 6) is -1.91. The fourth-order valence-electron chi connectivity index (χ4n) is 3.33. The third-order valence-corrected chi connectivity index (χ3v) is 5.90. The first-order valence-electron chi connectivity index (χ1n) is 9.41. The van der Waals surface area contributed by atoms with E-state index in [0.717, 1.165) is 12.1 Å².